The van der Waals surface area contributed by atoms with Gasteiger partial charge in [-0.25, -0.2) is 0 Å². The average molecular weight is 264 g/mol. The summed E-state index contributed by atoms with van der Waals surface area (Å²) in [5.41, 5.74) is 7.39. The van der Waals surface area contributed by atoms with E-state index in [1.807, 2.05) is 0 Å². The molecule has 0 saturated carbocycles. The van der Waals surface area contributed by atoms with E-state index in [0.29, 0.717) is 6.04 Å². The van der Waals surface area contributed by atoms with Crippen LogP contribution < -0.4 is 5.73 Å². The second-order valence-corrected chi connectivity index (χ2v) is 6.38. The molecule has 2 atom stereocenters. The lowest BCUT2D eigenvalue weighted by Gasteiger charge is -2.37. The van der Waals surface area contributed by atoms with Gasteiger partial charge in [-0.15, -0.1) is 0 Å². The van der Waals surface area contributed by atoms with Gasteiger partial charge in [0.1, 0.15) is 0 Å². The van der Waals surface area contributed by atoms with Gasteiger partial charge in [-0.05, 0) is 18.4 Å². The van der Waals surface area contributed by atoms with Gasteiger partial charge in [0.05, 0.1) is 0 Å². The maximum Gasteiger partial charge on any atom is 0.0259 e. The van der Waals surface area contributed by atoms with Gasteiger partial charge in [0.15, 0.2) is 0 Å². The summed E-state index contributed by atoms with van der Waals surface area (Å²) in [6.07, 6.45) is 2.35. The molecule has 0 aromatic heterocycles. The fraction of sp³-hybridized carbons (Fsp3) is 0.600. The summed E-state index contributed by atoms with van der Waals surface area (Å²) < 4.78 is 0. The topological polar surface area (TPSA) is 29.3 Å². The zero-order valence-electron chi connectivity index (χ0n) is 11.2. The molecule has 18 heavy (non-hydrogen) atoms. The highest BCUT2D eigenvalue weighted by atomic mass is 32.2. The lowest BCUT2D eigenvalue weighted by molar-refractivity contribution is 0.204. The average Bonchev–Trinajstić information content (AvgIpc) is 2.46. The van der Waals surface area contributed by atoms with E-state index in [4.69, 9.17) is 5.73 Å². The van der Waals surface area contributed by atoms with Crippen molar-refractivity contribution < 1.29 is 0 Å². The monoisotopic (exact) mass is 264 g/mol. The largest absolute Gasteiger partial charge is 0.329 e. The lowest BCUT2D eigenvalue weighted by atomic mass is 10.0. The SMILES string of the molecule is CCC1CN(C(CN)Cc2ccccc2)CCS1. The summed E-state index contributed by atoms with van der Waals surface area (Å²) in [6.45, 7) is 5.44. The Morgan fingerprint density at radius 2 is 2.17 bits per heavy atom. The van der Waals surface area contributed by atoms with E-state index >= 15 is 0 Å². The molecule has 2 unspecified atom stereocenters. The molecule has 1 aromatic carbocycles. The molecule has 0 amide bonds. The standard InChI is InChI=1S/C15H24N2S/c1-2-15-12-17(8-9-18-15)14(11-16)10-13-6-4-3-5-7-13/h3-7,14-15H,2,8-12,16H2,1H3. The van der Waals surface area contributed by atoms with E-state index in [1.165, 1.54) is 30.8 Å². The first-order valence-electron chi connectivity index (χ1n) is 6.93. The van der Waals surface area contributed by atoms with Gasteiger partial charge in [0, 0.05) is 36.7 Å². The molecule has 2 N–H and O–H groups in total. The molecule has 0 radical (unpaired) electrons. The summed E-state index contributed by atoms with van der Waals surface area (Å²) in [7, 11) is 0. The van der Waals surface area contributed by atoms with Crippen LogP contribution in [0.1, 0.15) is 18.9 Å². The first-order chi connectivity index (χ1) is 8.83. The zero-order chi connectivity index (χ0) is 12.8. The Morgan fingerprint density at radius 3 is 2.83 bits per heavy atom. The number of nitrogens with two attached hydrogens (primary N) is 1. The van der Waals surface area contributed by atoms with Crippen molar-refractivity contribution >= 4 is 11.8 Å². The van der Waals surface area contributed by atoms with Crippen molar-refractivity contribution in [2.24, 2.45) is 5.73 Å². The molecule has 1 heterocycles. The Balaban J connectivity index is 1.95. The number of nitrogens with zero attached hydrogens (tertiary/aromatic N) is 1. The quantitative estimate of drug-likeness (QED) is 0.885. The van der Waals surface area contributed by atoms with Crippen molar-refractivity contribution in [1.29, 1.82) is 0 Å². The second-order valence-electron chi connectivity index (χ2n) is 4.98. The summed E-state index contributed by atoms with van der Waals surface area (Å²) in [5.74, 6) is 1.25. The lowest BCUT2D eigenvalue weighted by Crippen LogP contribution is -2.48. The van der Waals surface area contributed by atoms with Crippen molar-refractivity contribution in [1.82, 2.24) is 4.90 Å². The molecule has 100 valence electrons. The minimum atomic E-state index is 0.502. The predicted molar refractivity (Wildman–Crippen MR) is 81.1 cm³/mol. The van der Waals surface area contributed by atoms with Gasteiger partial charge < -0.3 is 5.73 Å². The summed E-state index contributed by atoms with van der Waals surface area (Å²) in [5, 5.41) is 0.795. The molecule has 3 heteroatoms. The Kier molecular flexibility index (Phi) is 5.54. The van der Waals surface area contributed by atoms with Crippen LogP contribution >= 0.6 is 11.8 Å². The van der Waals surface area contributed by atoms with E-state index in [1.54, 1.807) is 0 Å². The third kappa shape index (κ3) is 3.74. The maximum absolute atomic E-state index is 5.99. The fourth-order valence-corrected chi connectivity index (χ4v) is 3.77. The fourth-order valence-electron chi connectivity index (χ4n) is 2.57. The maximum atomic E-state index is 5.99. The second kappa shape index (κ2) is 7.17. The first kappa shape index (κ1) is 13.9. The van der Waals surface area contributed by atoms with Crippen LogP contribution in [0.25, 0.3) is 0 Å². The molecule has 0 bridgehead atoms. The Labute approximate surface area is 115 Å². The minimum Gasteiger partial charge on any atom is -0.329 e. The molecule has 1 aliphatic heterocycles. The summed E-state index contributed by atoms with van der Waals surface area (Å²) in [6, 6.07) is 11.2. The van der Waals surface area contributed by atoms with E-state index in [2.05, 4.69) is 53.9 Å². The third-order valence-corrected chi connectivity index (χ3v) is 5.10. The summed E-state index contributed by atoms with van der Waals surface area (Å²) >= 11 is 2.12. The van der Waals surface area contributed by atoms with E-state index in [-0.39, 0.29) is 0 Å². The van der Waals surface area contributed by atoms with E-state index < -0.39 is 0 Å². The van der Waals surface area contributed by atoms with Crippen LogP contribution in [-0.2, 0) is 6.42 Å². The molecule has 2 rings (SSSR count). The van der Waals surface area contributed by atoms with Crippen LogP contribution in [0.4, 0.5) is 0 Å². The van der Waals surface area contributed by atoms with Crippen molar-refractivity contribution in [3.05, 3.63) is 35.9 Å². The number of hydrogen-bond donors (Lipinski definition) is 1. The van der Waals surface area contributed by atoms with Crippen LogP contribution in [0.2, 0.25) is 0 Å². The van der Waals surface area contributed by atoms with Crippen LogP contribution in [0.15, 0.2) is 30.3 Å². The summed E-state index contributed by atoms with van der Waals surface area (Å²) in [4.78, 5) is 2.59. The van der Waals surface area contributed by atoms with Crippen LogP contribution in [0.3, 0.4) is 0 Å². The van der Waals surface area contributed by atoms with Crippen molar-refractivity contribution in [3.63, 3.8) is 0 Å². The van der Waals surface area contributed by atoms with Gasteiger partial charge in [-0.1, -0.05) is 37.3 Å². The molecular weight excluding hydrogens is 240 g/mol. The van der Waals surface area contributed by atoms with Gasteiger partial charge in [-0.2, -0.15) is 11.8 Å². The molecule has 0 aliphatic carbocycles. The molecule has 2 nitrogen and oxygen atoms in total. The highest BCUT2D eigenvalue weighted by Crippen LogP contribution is 2.23. The molecule has 1 fully saturated rings. The van der Waals surface area contributed by atoms with Crippen LogP contribution in [0.5, 0.6) is 0 Å². The zero-order valence-corrected chi connectivity index (χ0v) is 12.0. The van der Waals surface area contributed by atoms with Gasteiger partial charge in [0.25, 0.3) is 0 Å². The smallest absolute Gasteiger partial charge is 0.0259 e. The number of thioether (sulfide) groups is 1. The predicted octanol–water partition coefficient (Wildman–Crippen LogP) is 2.38. The Hall–Kier alpha value is -0.510. The van der Waals surface area contributed by atoms with Crippen molar-refractivity contribution in [3.8, 4) is 0 Å². The highest BCUT2D eigenvalue weighted by molar-refractivity contribution is 8.00. The van der Waals surface area contributed by atoms with Crippen molar-refractivity contribution in [2.75, 3.05) is 25.4 Å². The van der Waals surface area contributed by atoms with Crippen molar-refractivity contribution in [2.45, 2.75) is 31.1 Å². The highest BCUT2D eigenvalue weighted by Gasteiger charge is 2.24. The number of rotatable bonds is 5. The number of hydrogen-bond acceptors (Lipinski definition) is 3. The molecule has 1 aromatic rings. The number of benzene rings is 1. The minimum absolute atomic E-state index is 0.502. The molecule has 0 spiro atoms. The third-order valence-electron chi connectivity index (χ3n) is 3.73. The van der Waals surface area contributed by atoms with Gasteiger partial charge >= 0.3 is 0 Å². The Bertz CT molecular complexity index is 342. The van der Waals surface area contributed by atoms with Gasteiger partial charge in [-0.3, -0.25) is 4.90 Å². The van der Waals surface area contributed by atoms with E-state index in [0.717, 1.165) is 18.2 Å². The molecule has 1 aliphatic rings. The molecular formula is C15H24N2S. The van der Waals surface area contributed by atoms with E-state index in [9.17, 15) is 0 Å². The Morgan fingerprint density at radius 1 is 1.39 bits per heavy atom. The van der Waals surface area contributed by atoms with Crippen LogP contribution in [-0.4, -0.2) is 41.6 Å². The molecule has 1 saturated heterocycles. The van der Waals surface area contributed by atoms with Gasteiger partial charge in [0.2, 0.25) is 0 Å². The van der Waals surface area contributed by atoms with Crippen LogP contribution in [0, 0.1) is 0 Å². The first-order valence-corrected chi connectivity index (χ1v) is 7.98. The normalized spacial score (nSPS) is 22.9.